The first-order chi connectivity index (χ1) is 11.0. The first-order valence-corrected chi connectivity index (χ1v) is 8.18. The van der Waals surface area contributed by atoms with Gasteiger partial charge < -0.3 is 10.2 Å². The summed E-state index contributed by atoms with van der Waals surface area (Å²) < 4.78 is 0. The van der Waals surface area contributed by atoms with E-state index in [0.29, 0.717) is 0 Å². The van der Waals surface area contributed by atoms with Crippen LogP contribution in [0.2, 0.25) is 0 Å². The molecule has 2 amide bonds. The van der Waals surface area contributed by atoms with Gasteiger partial charge in [0.25, 0.3) is 0 Å². The number of amides is 2. The third-order valence-electron chi connectivity index (χ3n) is 3.57. The zero-order valence-electron chi connectivity index (χ0n) is 13.5. The summed E-state index contributed by atoms with van der Waals surface area (Å²) in [6.45, 7) is 3.97. The molecule has 0 bridgehead atoms. The van der Waals surface area contributed by atoms with Crippen LogP contribution >= 0.6 is 11.3 Å². The number of likely N-dealkylation sites (N-methyl/N-ethyl adjacent to an activating group) is 1. The molecule has 120 valence electrons. The monoisotopic (exact) mass is 328 g/mol. The predicted octanol–water partition coefficient (Wildman–Crippen LogP) is 3.48. The van der Waals surface area contributed by atoms with Gasteiger partial charge in [0.2, 0.25) is 11.8 Å². The van der Waals surface area contributed by atoms with Crippen LogP contribution in [-0.2, 0) is 9.59 Å². The van der Waals surface area contributed by atoms with Crippen LogP contribution in [0.5, 0.6) is 0 Å². The van der Waals surface area contributed by atoms with Crippen LogP contribution in [0.4, 0.5) is 5.69 Å². The fraction of sp³-hybridized carbons (Fsp3) is 0.222. The predicted molar refractivity (Wildman–Crippen MR) is 95.5 cm³/mol. The maximum Gasteiger partial charge on any atom is 0.246 e. The molecule has 0 radical (unpaired) electrons. The summed E-state index contributed by atoms with van der Waals surface area (Å²) in [5, 5.41) is 4.80. The highest BCUT2D eigenvalue weighted by atomic mass is 32.1. The highest BCUT2D eigenvalue weighted by molar-refractivity contribution is 7.10. The van der Waals surface area contributed by atoms with Crippen molar-refractivity contribution in [1.29, 1.82) is 0 Å². The van der Waals surface area contributed by atoms with Crippen LogP contribution in [0, 0.1) is 13.8 Å². The van der Waals surface area contributed by atoms with Crippen molar-refractivity contribution in [3.63, 3.8) is 0 Å². The lowest BCUT2D eigenvalue weighted by molar-refractivity contribution is -0.129. The summed E-state index contributed by atoms with van der Waals surface area (Å²) in [4.78, 5) is 26.5. The molecule has 1 aromatic carbocycles. The van der Waals surface area contributed by atoms with Gasteiger partial charge in [0.1, 0.15) is 0 Å². The Labute approximate surface area is 140 Å². The number of carbonyl (C=O) groups is 2. The Morgan fingerprint density at radius 1 is 1.22 bits per heavy atom. The van der Waals surface area contributed by atoms with Crippen LogP contribution in [-0.4, -0.2) is 30.3 Å². The quantitative estimate of drug-likeness (QED) is 0.854. The second-order valence-electron chi connectivity index (χ2n) is 5.34. The third-order valence-corrected chi connectivity index (χ3v) is 4.41. The molecule has 5 heteroatoms. The molecule has 0 saturated heterocycles. The van der Waals surface area contributed by atoms with Gasteiger partial charge in [-0.15, -0.1) is 11.3 Å². The van der Waals surface area contributed by atoms with Crippen molar-refractivity contribution in [3.8, 4) is 0 Å². The van der Waals surface area contributed by atoms with E-state index in [1.807, 2.05) is 49.6 Å². The smallest absolute Gasteiger partial charge is 0.246 e. The minimum Gasteiger partial charge on any atom is -0.333 e. The van der Waals surface area contributed by atoms with Crippen LogP contribution in [0.3, 0.4) is 0 Å². The molecular formula is C18H20N2O2S. The lowest BCUT2D eigenvalue weighted by Crippen LogP contribution is -2.34. The maximum absolute atomic E-state index is 12.1. The SMILES string of the molecule is Cc1cccc(NC(=O)CN(C)C(=O)/C=C/c2cccs2)c1C. The number of carbonyl (C=O) groups excluding carboxylic acids is 2. The Morgan fingerprint density at radius 3 is 2.70 bits per heavy atom. The molecule has 0 atom stereocenters. The van der Waals surface area contributed by atoms with E-state index >= 15 is 0 Å². The number of hydrogen-bond acceptors (Lipinski definition) is 3. The molecule has 2 aromatic rings. The molecule has 1 N–H and O–H groups in total. The average Bonchev–Trinajstić information content (AvgIpc) is 3.02. The summed E-state index contributed by atoms with van der Waals surface area (Å²) >= 11 is 1.56. The van der Waals surface area contributed by atoms with Gasteiger partial charge in [-0.2, -0.15) is 0 Å². The molecule has 0 spiro atoms. The summed E-state index contributed by atoms with van der Waals surface area (Å²) in [5.41, 5.74) is 2.93. The molecule has 0 aliphatic rings. The third kappa shape index (κ3) is 4.79. The van der Waals surface area contributed by atoms with Crippen molar-refractivity contribution in [3.05, 3.63) is 57.8 Å². The van der Waals surface area contributed by atoms with Gasteiger partial charge in [-0.3, -0.25) is 9.59 Å². The molecule has 1 heterocycles. The summed E-state index contributed by atoms with van der Waals surface area (Å²) in [6.07, 6.45) is 3.24. The van der Waals surface area contributed by atoms with Crippen molar-refractivity contribution >= 4 is 34.9 Å². The fourth-order valence-electron chi connectivity index (χ4n) is 2.04. The Bertz CT molecular complexity index is 721. The zero-order chi connectivity index (χ0) is 16.8. The van der Waals surface area contributed by atoms with Gasteiger partial charge in [-0.25, -0.2) is 0 Å². The number of rotatable bonds is 5. The minimum atomic E-state index is -0.209. The van der Waals surface area contributed by atoms with Gasteiger partial charge >= 0.3 is 0 Å². The molecule has 0 saturated carbocycles. The van der Waals surface area contributed by atoms with E-state index < -0.39 is 0 Å². The summed E-state index contributed by atoms with van der Waals surface area (Å²) in [5.74, 6) is -0.409. The second-order valence-corrected chi connectivity index (χ2v) is 6.32. The molecular weight excluding hydrogens is 308 g/mol. The molecule has 4 nitrogen and oxygen atoms in total. The molecule has 23 heavy (non-hydrogen) atoms. The Kier molecular flexibility index (Phi) is 5.71. The Morgan fingerprint density at radius 2 is 2.00 bits per heavy atom. The molecule has 2 rings (SSSR count). The van der Waals surface area contributed by atoms with Crippen molar-refractivity contribution in [2.75, 3.05) is 18.9 Å². The minimum absolute atomic E-state index is 0.0149. The largest absolute Gasteiger partial charge is 0.333 e. The molecule has 0 fully saturated rings. The number of nitrogens with zero attached hydrogens (tertiary/aromatic N) is 1. The Balaban J connectivity index is 1.91. The van der Waals surface area contributed by atoms with Crippen LogP contribution in [0.1, 0.15) is 16.0 Å². The lowest BCUT2D eigenvalue weighted by Gasteiger charge is -2.16. The first kappa shape index (κ1) is 17.0. The van der Waals surface area contributed by atoms with Crippen molar-refractivity contribution < 1.29 is 9.59 Å². The number of thiophene rings is 1. The number of anilines is 1. The van der Waals surface area contributed by atoms with E-state index in [4.69, 9.17) is 0 Å². The van der Waals surface area contributed by atoms with E-state index in [2.05, 4.69) is 5.32 Å². The first-order valence-electron chi connectivity index (χ1n) is 7.30. The lowest BCUT2D eigenvalue weighted by atomic mass is 10.1. The van der Waals surface area contributed by atoms with E-state index in [9.17, 15) is 9.59 Å². The number of benzene rings is 1. The van der Waals surface area contributed by atoms with Gasteiger partial charge in [0.05, 0.1) is 6.54 Å². The zero-order valence-corrected chi connectivity index (χ0v) is 14.3. The number of hydrogen-bond donors (Lipinski definition) is 1. The molecule has 0 unspecified atom stereocenters. The molecule has 0 aliphatic carbocycles. The van der Waals surface area contributed by atoms with Crippen molar-refractivity contribution in [2.24, 2.45) is 0 Å². The van der Waals surface area contributed by atoms with Crippen LogP contribution in [0.25, 0.3) is 6.08 Å². The van der Waals surface area contributed by atoms with Crippen LogP contribution < -0.4 is 5.32 Å². The summed E-state index contributed by atoms with van der Waals surface area (Å²) in [7, 11) is 1.61. The van der Waals surface area contributed by atoms with Crippen molar-refractivity contribution in [2.45, 2.75) is 13.8 Å². The second kappa shape index (κ2) is 7.74. The average molecular weight is 328 g/mol. The fourth-order valence-corrected chi connectivity index (χ4v) is 2.65. The highest BCUT2D eigenvalue weighted by Gasteiger charge is 2.12. The maximum atomic E-state index is 12.1. The topological polar surface area (TPSA) is 49.4 Å². The Hall–Kier alpha value is -2.40. The number of aryl methyl sites for hydroxylation is 1. The van der Waals surface area contributed by atoms with E-state index in [1.54, 1.807) is 24.5 Å². The van der Waals surface area contributed by atoms with Gasteiger partial charge in [-0.1, -0.05) is 18.2 Å². The van der Waals surface area contributed by atoms with Gasteiger partial charge in [0, 0.05) is 23.7 Å². The van der Waals surface area contributed by atoms with Gasteiger partial charge in [-0.05, 0) is 48.6 Å². The van der Waals surface area contributed by atoms with E-state index in [1.165, 1.54) is 11.0 Å². The van der Waals surface area contributed by atoms with E-state index in [0.717, 1.165) is 21.7 Å². The molecule has 1 aromatic heterocycles. The normalized spacial score (nSPS) is 10.7. The highest BCUT2D eigenvalue weighted by Crippen LogP contribution is 2.17. The molecule has 0 aliphatic heterocycles. The van der Waals surface area contributed by atoms with Crippen molar-refractivity contribution in [1.82, 2.24) is 4.90 Å². The number of nitrogens with one attached hydrogen (secondary N) is 1. The standard InChI is InChI=1S/C18H20N2O2S/c1-13-6-4-8-16(14(13)2)19-17(21)12-20(3)18(22)10-9-15-7-5-11-23-15/h4-11H,12H2,1-3H3,(H,19,21)/b10-9+. The van der Waals surface area contributed by atoms with Gasteiger partial charge in [0.15, 0.2) is 0 Å². The van der Waals surface area contributed by atoms with Crippen LogP contribution in [0.15, 0.2) is 41.8 Å². The van der Waals surface area contributed by atoms with E-state index in [-0.39, 0.29) is 18.4 Å². The summed E-state index contributed by atoms with van der Waals surface area (Å²) in [6, 6.07) is 9.61.